The third-order valence-corrected chi connectivity index (χ3v) is 3.76. The number of H-pyrrole nitrogens is 1. The van der Waals surface area contributed by atoms with E-state index in [1.54, 1.807) is 0 Å². The van der Waals surface area contributed by atoms with Crippen LogP contribution >= 0.6 is 15.9 Å². The van der Waals surface area contributed by atoms with Gasteiger partial charge in [-0.1, -0.05) is 13.8 Å². The van der Waals surface area contributed by atoms with Crippen molar-refractivity contribution in [1.82, 2.24) is 9.97 Å². The van der Waals surface area contributed by atoms with Gasteiger partial charge >= 0.3 is 0 Å². The van der Waals surface area contributed by atoms with Gasteiger partial charge in [-0.2, -0.15) is 0 Å². The maximum atomic E-state index is 11.8. The highest BCUT2D eigenvalue weighted by molar-refractivity contribution is 9.10. The molecule has 0 aliphatic carbocycles. The summed E-state index contributed by atoms with van der Waals surface area (Å²) in [5.74, 6) is 0.871. The monoisotopic (exact) mass is 300 g/mol. The van der Waals surface area contributed by atoms with Crippen LogP contribution in [-0.2, 0) is 4.74 Å². The first-order valence-electron chi connectivity index (χ1n) is 5.94. The first kappa shape index (κ1) is 12.8. The van der Waals surface area contributed by atoms with Crippen molar-refractivity contribution in [3.63, 3.8) is 0 Å². The lowest BCUT2D eigenvalue weighted by molar-refractivity contribution is 0.0499. The summed E-state index contributed by atoms with van der Waals surface area (Å²) in [7, 11) is 0. The number of aromatic amines is 1. The number of aromatic nitrogens is 2. The lowest BCUT2D eigenvalue weighted by atomic mass is 10.1. The molecular formula is C12H17BrN2O2. The molecule has 2 unspecified atom stereocenters. The minimum atomic E-state index is -0.123. The molecule has 1 N–H and O–H groups in total. The van der Waals surface area contributed by atoms with Crippen molar-refractivity contribution in [3.8, 4) is 0 Å². The number of ether oxygens (including phenoxy) is 1. The normalized spacial score (nSPS) is 24.5. The van der Waals surface area contributed by atoms with E-state index in [0.29, 0.717) is 10.3 Å². The average Bonchev–Trinajstić information content (AvgIpc) is 2.68. The molecule has 17 heavy (non-hydrogen) atoms. The van der Waals surface area contributed by atoms with Crippen molar-refractivity contribution in [2.24, 2.45) is 0 Å². The van der Waals surface area contributed by atoms with Gasteiger partial charge in [-0.05, 0) is 41.6 Å². The number of hydrogen-bond acceptors (Lipinski definition) is 3. The van der Waals surface area contributed by atoms with Crippen molar-refractivity contribution in [1.29, 1.82) is 0 Å². The van der Waals surface area contributed by atoms with Crippen molar-refractivity contribution in [2.75, 3.05) is 0 Å². The molecule has 1 aromatic rings. The molecule has 1 saturated heterocycles. The fourth-order valence-electron chi connectivity index (χ4n) is 2.03. The van der Waals surface area contributed by atoms with E-state index < -0.39 is 0 Å². The Labute approximate surface area is 109 Å². The second-order valence-electron chi connectivity index (χ2n) is 4.82. The molecule has 0 spiro atoms. The summed E-state index contributed by atoms with van der Waals surface area (Å²) in [4.78, 5) is 19.1. The molecule has 0 bridgehead atoms. The van der Waals surface area contributed by atoms with Crippen LogP contribution in [0.15, 0.2) is 9.27 Å². The second kappa shape index (κ2) is 4.90. The van der Waals surface area contributed by atoms with E-state index in [-0.39, 0.29) is 23.7 Å². The molecule has 1 aliphatic rings. The molecule has 94 valence electrons. The van der Waals surface area contributed by atoms with Gasteiger partial charge in [-0.15, -0.1) is 0 Å². The molecule has 2 heterocycles. The van der Waals surface area contributed by atoms with E-state index >= 15 is 0 Å². The molecule has 1 aliphatic heterocycles. The molecule has 5 heteroatoms. The lowest BCUT2D eigenvalue weighted by Crippen LogP contribution is -2.18. The van der Waals surface area contributed by atoms with Crippen molar-refractivity contribution >= 4 is 15.9 Å². The van der Waals surface area contributed by atoms with Gasteiger partial charge in [-0.3, -0.25) is 4.79 Å². The topological polar surface area (TPSA) is 55.0 Å². The molecule has 0 saturated carbocycles. The predicted octanol–water partition coefficient (Wildman–Crippen LogP) is 2.90. The highest BCUT2D eigenvalue weighted by Crippen LogP contribution is 2.31. The van der Waals surface area contributed by atoms with Crippen LogP contribution in [-0.4, -0.2) is 16.1 Å². The fourth-order valence-corrected chi connectivity index (χ4v) is 2.68. The summed E-state index contributed by atoms with van der Waals surface area (Å²) in [6.45, 7) is 6.09. The molecular weight excluding hydrogens is 284 g/mol. The minimum Gasteiger partial charge on any atom is -0.367 e. The SMILES string of the molecule is CC1CCC(c2nc(C(C)C)c(Br)c(=O)[nH]2)O1. The highest BCUT2D eigenvalue weighted by atomic mass is 79.9. The van der Waals surface area contributed by atoms with Gasteiger partial charge in [0.1, 0.15) is 16.4 Å². The smallest absolute Gasteiger partial charge is 0.265 e. The molecule has 0 radical (unpaired) electrons. The number of nitrogens with one attached hydrogen (secondary N) is 1. The zero-order chi connectivity index (χ0) is 12.6. The number of halogens is 1. The van der Waals surface area contributed by atoms with Crippen molar-refractivity contribution < 1.29 is 4.74 Å². The fraction of sp³-hybridized carbons (Fsp3) is 0.667. The van der Waals surface area contributed by atoms with Gasteiger partial charge in [0.15, 0.2) is 0 Å². The van der Waals surface area contributed by atoms with Gasteiger partial charge in [-0.25, -0.2) is 4.98 Å². The van der Waals surface area contributed by atoms with E-state index in [9.17, 15) is 4.79 Å². The van der Waals surface area contributed by atoms with Crippen molar-refractivity contribution in [3.05, 3.63) is 26.3 Å². The number of rotatable bonds is 2. The Morgan fingerprint density at radius 2 is 2.18 bits per heavy atom. The van der Waals surface area contributed by atoms with Gasteiger partial charge < -0.3 is 9.72 Å². The molecule has 4 nitrogen and oxygen atoms in total. The van der Waals surface area contributed by atoms with Crippen LogP contribution in [0.1, 0.15) is 57.2 Å². The standard InChI is InChI=1S/C12H17BrN2O2/c1-6(2)10-9(13)12(16)15-11(14-10)8-5-4-7(3)17-8/h6-8H,4-5H2,1-3H3,(H,14,15,16). The first-order valence-corrected chi connectivity index (χ1v) is 6.73. The van der Waals surface area contributed by atoms with Crippen LogP contribution in [0.5, 0.6) is 0 Å². The molecule has 0 amide bonds. The Hall–Kier alpha value is -0.680. The summed E-state index contributed by atoms with van der Waals surface area (Å²) >= 11 is 3.29. The number of nitrogens with zero attached hydrogens (tertiary/aromatic N) is 1. The Balaban J connectivity index is 2.39. The van der Waals surface area contributed by atoms with Gasteiger partial charge in [0.05, 0.1) is 11.8 Å². The molecule has 1 fully saturated rings. The zero-order valence-electron chi connectivity index (χ0n) is 10.3. The van der Waals surface area contributed by atoms with Gasteiger partial charge in [0.25, 0.3) is 5.56 Å². The minimum absolute atomic E-state index is 0.0664. The predicted molar refractivity (Wildman–Crippen MR) is 69.2 cm³/mol. The number of hydrogen-bond donors (Lipinski definition) is 1. The van der Waals surface area contributed by atoms with Crippen LogP contribution in [0.4, 0.5) is 0 Å². The van der Waals surface area contributed by atoms with Crippen LogP contribution in [0.2, 0.25) is 0 Å². The molecule has 0 aromatic carbocycles. The summed E-state index contributed by atoms with van der Waals surface area (Å²) in [6, 6.07) is 0. The first-order chi connectivity index (χ1) is 7.99. The van der Waals surface area contributed by atoms with Crippen LogP contribution in [0.3, 0.4) is 0 Å². The van der Waals surface area contributed by atoms with Gasteiger partial charge in [0, 0.05) is 0 Å². The van der Waals surface area contributed by atoms with E-state index in [4.69, 9.17) is 4.74 Å². The van der Waals surface area contributed by atoms with E-state index in [1.807, 2.05) is 20.8 Å². The van der Waals surface area contributed by atoms with E-state index in [0.717, 1.165) is 18.5 Å². The van der Waals surface area contributed by atoms with Gasteiger partial charge in [0.2, 0.25) is 0 Å². The van der Waals surface area contributed by atoms with Crippen LogP contribution in [0.25, 0.3) is 0 Å². The average molecular weight is 301 g/mol. The molecule has 2 rings (SSSR count). The van der Waals surface area contributed by atoms with Crippen LogP contribution < -0.4 is 5.56 Å². The van der Waals surface area contributed by atoms with Crippen molar-refractivity contribution in [2.45, 2.75) is 51.7 Å². The Morgan fingerprint density at radius 1 is 1.47 bits per heavy atom. The largest absolute Gasteiger partial charge is 0.367 e. The lowest BCUT2D eigenvalue weighted by Gasteiger charge is -2.13. The Bertz CT molecular complexity index is 470. The Kier molecular flexibility index (Phi) is 3.68. The summed E-state index contributed by atoms with van der Waals surface area (Å²) in [5.41, 5.74) is 0.675. The third kappa shape index (κ3) is 2.60. The quantitative estimate of drug-likeness (QED) is 0.914. The summed E-state index contributed by atoms with van der Waals surface area (Å²) < 4.78 is 6.26. The maximum absolute atomic E-state index is 11.8. The molecule has 1 aromatic heterocycles. The van der Waals surface area contributed by atoms with E-state index in [1.165, 1.54) is 0 Å². The molecule has 2 atom stereocenters. The van der Waals surface area contributed by atoms with E-state index in [2.05, 4.69) is 25.9 Å². The summed E-state index contributed by atoms with van der Waals surface area (Å²) in [6.07, 6.45) is 2.12. The maximum Gasteiger partial charge on any atom is 0.265 e. The third-order valence-electron chi connectivity index (χ3n) is 2.99. The second-order valence-corrected chi connectivity index (χ2v) is 5.61. The summed E-state index contributed by atoms with van der Waals surface area (Å²) in [5, 5.41) is 0. The Morgan fingerprint density at radius 3 is 2.71 bits per heavy atom. The van der Waals surface area contributed by atoms with Crippen LogP contribution in [0, 0.1) is 0 Å². The zero-order valence-corrected chi connectivity index (χ0v) is 11.9. The highest BCUT2D eigenvalue weighted by Gasteiger charge is 2.26.